The van der Waals surface area contributed by atoms with Gasteiger partial charge in [-0.1, -0.05) is 0 Å². The summed E-state index contributed by atoms with van der Waals surface area (Å²) < 4.78 is 1.89. The van der Waals surface area contributed by atoms with Crippen molar-refractivity contribution in [2.24, 2.45) is 0 Å². The van der Waals surface area contributed by atoms with E-state index in [1.165, 1.54) is 0 Å². The maximum Gasteiger partial charge on any atom is 0.203 e. The molecule has 1 aliphatic heterocycles. The molecule has 0 aromatic carbocycles. The molecule has 3 rings (SSSR count). The number of piperazine rings is 1. The molecule has 0 unspecified atom stereocenters. The molecule has 0 aliphatic carbocycles. The first-order chi connectivity index (χ1) is 7.45. The van der Waals surface area contributed by atoms with Crippen molar-refractivity contribution in [3.05, 3.63) is 18.7 Å². The van der Waals surface area contributed by atoms with E-state index in [2.05, 4.69) is 25.4 Å². The van der Waals surface area contributed by atoms with Gasteiger partial charge in [0.2, 0.25) is 5.65 Å². The maximum absolute atomic E-state index is 4.38. The minimum Gasteiger partial charge on any atom is -0.351 e. The smallest absolute Gasteiger partial charge is 0.203 e. The van der Waals surface area contributed by atoms with Crippen molar-refractivity contribution in [2.45, 2.75) is 0 Å². The Labute approximate surface area is 86.9 Å². The van der Waals surface area contributed by atoms with Crippen molar-refractivity contribution in [1.29, 1.82) is 0 Å². The highest BCUT2D eigenvalue weighted by Gasteiger charge is 2.15. The average Bonchev–Trinajstić information content (AvgIpc) is 2.78. The van der Waals surface area contributed by atoms with E-state index in [1.807, 2.05) is 10.6 Å². The summed E-state index contributed by atoms with van der Waals surface area (Å²) in [7, 11) is 0. The second-order valence-corrected chi connectivity index (χ2v) is 3.55. The molecule has 0 saturated carbocycles. The lowest BCUT2D eigenvalue weighted by Gasteiger charge is -2.28. The largest absolute Gasteiger partial charge is 0.351 e. The molecule has 1 fully saturated rings. The first-order valence-electron chi connectivity index (χ1n) is 5.05. The molecule has 0 bridgehead atoms. The van der Waals surface area contributed by atoms with Crippen molar-refractivity contribution in [2.75, 3.05) is 31.1 Å². The topological polar surface area (TPSA) is 58.4 Å². The number of fused-ring (bicyclic) bond motifs is 1. The van der Waals surface area contributed by atoms with Crippen molar-refractivity contribution >= 4 is 11.5 Å². The molecule has 0 amide bonds. The molecule has 1 saturated heterocycles. The van der Waals surface area contributed by atoms with Crippen LogP contribution in [0.3, 0.4) is 0 Å². The van der Waals surface area contributed by atoms with Crippen LogP contribution in [0.2, 0.25) is 0 Å². The van der Waals surface area contributed by atoms with Crippen LogP contribution in [0.25, 0.3) is 5.65 Å². The van der Waals surface area contributed by atoms with Crippen molar-refractivity contribution in [1.82, 2.24) is 24.9 Å². The van der Waals surface area contributed by atoms with E-state index < -0.39 is 0 Å². The van der Waals surface area contributed by atoms with E-state index in [0.29, 0.717) is 0 Å². The quantitative estimate of drug-likeness (QED) is 0.680. The van der Waals surface area contributed by atoms with E-state index in [-0.39, 0.29) is 0 Å². The molecule has 78 valence electrons. The third-order valence-corrected chi connectivity index (χ3v) is 2.61. The fraction of sp³-hybridized carbons (Fsp3) is 0.444. The highest BCUT2D eigenvalue weighted by Crippen LogP contribution is 2.15. The Bertz CT molecular complexity index is 458. The Kier molecular flexibility index (Phi) is 1.99. The van der Waals surface area contributed by atoms with E-state index in [4.69, 9.17) is 0 Å². The van der Waals surface area contributed by atoms with Crippen LogP contribution < -0.4 is 10.2 Å². The van der Waals surface area contributed by atoms with Gasteiger partial charge >= 0.3 is 0 Å². The van der Waals surface area contributed by atoms with Crippen LogP contribution in [-0.2, 0) is 0 Å². The van der Waals surface area contributed by atoms with E-state index >= 15 is 0 Å². The molecular weight excluding hydrogens is 192 g/mol. The van der Waals surface area contributed by atoms with Gasteiger partial charge in [-0.25, -0.2) is 4.98 Å². The Hall–Kier alpha value is -1.69. The zero-order valence-electron chi connectivity index (χ0n) is 8.30. The van der Waals surface area contributed by atoms with Gasteiger partial charge in [-0.05, 0) is 0 Å². The van der Waals surface area contributed by atoms with Crippen LogP contribution in [0.1, 0.15) is 0 Å². The van der Waals surface area contributed by atoms with Gasteiger partial charge in [0.1, 0.15) is 6.33 Å². The molecule has 2 aromatic heterocycles. The second kappa shape index (κ2) is 3.47. The Morgan fingerprint density at radius 2 is 2.13 bits per heavy atom. The van der Waals surface area contributed by atoms with Gasteiger partial charge in [0.25, 0.3) is 0 Å². The molecule has 3 heterocycles. The number of nitrogens with one attached hydrogen (secondary N) is 1. The van der Waals surface area contributed by atoms with Crippen molar-refractivity contribution < 1.29 is 0 Å². The Balaban J connectivity index is 2.05. The van der Waals surface area contributed by atoms with Crippen molar-refractivity contribution in [3.63, 3.8) is 0 Å². The molecule has 6 heteroatoms. The minimum atomic E-state index is 0.833. The van der Waals surface area contributed by atoms with Gasteiger partial charge in [-0.2, -0.15) is 0 Å². The summed E-state index contributed by atoms with van der Waals surface area (Å²) in [5.74, 6) is 0.927. The molecule has 2 aromatic rings. The Morgan fingerprint density at radius 1 is 1.27 bits per heavy atom. The van der Waals surface area contributed by atoms with Gasteiger partial charge < -0.3 is 10.2 Å². The number of aromatic nitrogens is 4. The van der Waals surface area contributed by atoms with Crippen LogP contribution in [0.4, 0.5) is 5.82 Å². The second-order valence-electron chi connectivity index (χ2n) is 3.55. The van der Waals surface area contributed by atoms with E-state index in [1.54, 1.807) is 12.5 Å². The highest BCUT2D eigenvalue weighted by atomic mass is 15.3. The fourth-order valence-corrected chi connectivity index (χ4v) is 1.84. The van der Waals surface area contributed by atoms with E-state index in [9.17, 15) is 0 Å². The first-order valence-corrected chi connectivity index (χ1v) is 5.05. The zero-order chi connectivity index (χ0) is 10.1. The van der Waals surface area contributed by atoms with E-state index in [0.717, 1.165) is 37.6 Å². The third-order valence-electron chi connectivity index (χ3n) is 2.61. The lowest BCUT2D eigenvalue weighted by atomic mass is 10.3. The molecular formula is C9H12N6. The lowest BCUT2D eigenvalue weighted by molar-refractivity contribution is 0.585. The molecule has 0 atom stereocenters. The maximum atomic E-state index is 4.38. The minimum absolute atomic E-state index is 0.833. The summed E-state index contributed by atoms with van der Waals surface area (Å²) >= 11 is 0. The number of hydrogen-bond acceptors (Lipinski definition) is 5. The SMILES string of the molecule is c1cn2cnnc2c(N2CCNCC2)n1. The lowest BCUT2D eigenvalue weighted by Crippen LogP contribution is -2.44. The molecule has 6 nitrogen and oxygen atoms in total. The number of anilines is 1. The first kappa shape index (κ1) is 8.60. The third kappa shape index (κ3) is 1.42. The summed E-state index contributed by atoms with van der Waals surface area (Å²) in [6.45, 7) is 3.94. The highest BCUT2D eigenvalue weighted by molar-refractivity contribution is 5.63. The summed E-state index contributed by atoms with van der Waals surface area (Å²) in [6.07, 6.45) is 5.34. The van der Waals surface area contributed by atoms with Gasteiger partial charge in [0, 0.05) is 38.6 Å². The van der Waals surface area contributed by atoms with Gasteiger partial charge in [-0.15, -0.1) is 10.2 Å². The standard InChI is InChI=1S/C9H12N6/c1-4-14(5-2-10-1)8-9-13-12-7-15(9)6-3-11-8/h3,6-7,10H,1-2,4-5H2. The summed E-state index contributed by atoms with van der Waals surface area (Å²) in [5.41, 5.74) is 0.833. The zero-order valence-corrected chi connectivity index (χ0v) is 8.30. The van der Waals surface area contributed by atoms with Gasteiger partial charge in [0.15, 0.2) is 5.82 Å². The predicted octanol–water partition coefficient (Wildman–Crippen LogP) is -0.466. The normalized spacial score (nSPS) is 17.2. The molecule has 1 aliphatic rings. The number of nitrogens with zero attached hydrogens (tertiary/aromatic N) is 5. The summed E-state index contributed by atoms with van der Waals surface area (Å²) in [6, 6.07) is 0. The molecule has 0 radical (unpaired) electrons. The summed E-state index contributed by atoms with van der Waals surface area (Å²) in [4.78, 5) is 6.61. The average molecular weight is 204 g/mol. The van der Waals surface area contributed by atoms with Crippen LogP contribution >= 0.6 is 0 Å². The monoisotopic (exact) mass is 204 g/mol. The summed E-state index contributed by atoms with van der Waals surface area (Å²) in [5, 5.41) is 11.3. The van der Waals surface area contributed by atoms with Gasteiger partial charge in [0.05, 0.1) is 0 Å². The van der Waals surface area contributed by atoms with Crippen LogP contribution in [0.5, 0.6) is 0 Å². The van der Waals surface area contributed by atoms with Gasteiger partial charge in [-0.3, -0.25) is 4.40 Å². The van der Waals surface area contributed by atoms with Crippen LogP contribution in [-0.4, -0.2) is 45.8 Å². The van der Waals surface area contributed by atoms with Crippen LogP contribution in [0.15, 0.2) is 18.7 Å². The van der Waals surface area contributed by atoms with Crippen molar-refractivity contribution in [3.8, 4) is 0 Å². The molecule has 1 N–H and O–H groups in total. The molecule has 0 spiro atoms. The van der Waals surface area contributed by atoms with Crippen LogP contribution in [0, 0.1) is 0 Å². The molecule has 15 heavy (non-hydrogen) atoms. The Morgan fingerprint density at radius 3 is 3.00 bits per heavy atom. The number of rotatable bonds is 1. The fourth-order valence-electron chi connectivity index (χ4n) is 1.84. The number of hydrogen-bond donors (Lipinski definition) is 1. The predicted molar refractivity (Wildman–Crippen MR) is 55.9 cm³/mol.